The molecule has 1 radical (unpaired) electrons. The van der Waals surface area contributed by atoms with E-state index in [1.807, 2.05) is 53.4 Å². The van der Waals surface area contributed by atoms with Crippen molar-refractivity contribution in [3.05, 3.63) is 83.9 Å². The van der Waals surface area contributed by atoms with E-state index in [4.69, 9.17) is 11.5 Å². The second-order valence-corrected chi connectivity index (χ2v) is 7.08. The highest BCUT2D eigenvalue weighted by Crippen LogP contribution is 2.19. The zero-order valence-electron chi connectivity index (χ0n) is 16.2. The molecule has 4 nitrogen and oxygen atoms in total. The van der Waals surface area contributed by atoms with Crippen molar-refractivity contribution >= 4 is 16.7 Å². The molecular weight excluding hydrogens is 346 g/mol. The van der Waals surface area contributed by atoms with Crippen LogP contribution < -0.4 is 11.5 Å². The minimum Gasteiger partial charge on any atom is -0.337 e. The van der Waals surface area contributed by atoms with E-state index in [0.29, 0.717) is 26.1 Å². The van der Waals surface area contributed by atoms with Gasteiger partial charge in [-0.05, 0) is 53.8 Å². The summed E-state index contributed by atoms with van der Waals surface area (Å²) in [6, 6.07) is 25.2. The van der Waals surface area contributed by atoms with Gasteiger partial charge in [0.2, 0.25) is 5.91 Å². The third kappa shape index (κ3) is 5.18. The standard InChI is InChI=1S/C24H28N3O/c25-16-7-14-23(26)24(28)27(18-19-8-2-1-3-9-19)17-15-21-12-6-11-20-10-4-5-13-22(20)21/h1-6,8-11,13,23H,7,14-18,25-26H2/t23-/m0/s1. The normalized spacial score (nSPS) is 12.1. The van der Waals surface area contributed by atoms with E-state index in [1.165, 1.54) is 10.8 Å². The molecule has 145 valence electrons. The van der Waals surface area contributed by atoms with E-state index in [1.54, 1.807) is 0 Å². The molecular formula is C24H28N3O. The molecule has 0 aliphatic carbocycles. The van der Waals surface area contributed by atoms with Crippen LogP contribution in [0, 0.1) is 6.07 Å². The lowest BCUT2D eigenvalue weighted by atomic mass is 10.0. The lowest BCUT2D eigenvalue weighted by molar-refractivity contribution is -0.133. The first-order valence-corrected chi connectivity index (χ1v) is 9.85. The molecule has 0 spiro atoms. The average Bonchev–Trinajstić information content (AvgIpc) is 2.75. The lowest BCUT2D eigenvalue weighted by Gasteiger charge is -2.26. The van der Waals surface area contributed by atoms with Crippen LogP contribution in [0.2, 0.25) is 0 Å². The first-order valence-electron chi connectivity index (χ1n) is 9.85. The summed E-state index contributed by atoms with van der Waals surface area (Å²) in [7, 11) is 0. The number of rotatable bonds is 9. The Bertz CT molecular complexity index is 889. The van der Waals surface area contributed by atoms with Gasteiger partial charge in [-0.1, -0.05) is 66.7 Å². The van der Waals surface area contributed by atoms with Crippen molar-refractivity contribution in [1.82, 2.24) is 4.90 Å². The quantitative estimate of drug-likeness (QED) is 0.604. The van der Waals surface area contributed by atoms with Gasteiger partial charge in [0.1, 0.15) is 0 Å². The van der Waals surface area contributed by atoms with Crippen LogP contribution >= 0.6 is 0 Å². The number of amides is 1. The molecule has 0 saturated carbocycles. The molecule has 0 bridgehead atoms. The Morgan fingerprint density at radius 1 is 1.04 bits per heavy atom. The van der Waals surface area contributed by atoms with E-state index in [0.717, 1.165) is 24.0 Å². The topological polar surface area (TPSA) is 72.3 Å². The Labute approximate surface area is 167 Å². The minimum absolute atomic E-state index is 0.0162. The van der Waals surface area contributed by atoms with Gasteiger partial charge in [-0.25, -0.2) is 0 Å². The van der Waals surface area contributed by atoms with Crippen molar-refractivity contribution in [2.24, 2.45) is 11.5 Å². The molecule has 4 heteroatoms. The Morgan fingerprint density at radius 2 is 1.79 bits per heavy atom. The third-order valence-corrected chi connectivity index (χ3v) is 5.00. The summed E-state index contributed by atoms with van der Waals surface area (Å²) in [6.07, 6.45) is 2.10. The van der Waals surface area contributed by atoms with Crippen molar-refractivity contribution in [1.29, 1.82) is 0 Å². The predicted molar refractivity (Wildman–Crippen MR) is 115 cm³/mol. The second kappa shape index (κ2) is 10.0. The highest BCUT2D eigenvalue weighted by Gasteiger charge is 2.21. The van der Waals surface area contributed by atoms with Crippen LogP contribution in [-0.2, 0) is 17.8 Å². The molecule has 0 unspecified atom stereocenters. The van der Waals surface area contributed by atoms with Gasteiger partial charge in [-0.2, -0.15) is 0 Å². The summed E-state index contributed by atoms with van der Waals surface area (Å²) in [5.41, 5.74) is 14.0. The fourth-order valence-corrected chi connectivity index (χ4v) is 3.45. The number of hydrogen-bond donors (Lipinski definition) is 2. The van der Waals surface area contributed by atoms with Gasteiger partial charge in [-0.3, -0.25) is 4.79 Å². The fraction of sp³-hybridized carbons (Fsp3) is 0.292. The molecule has 4 N–H and O–H groups in total. The number of benzene rings is 3. The van der Waals surface area contributed by atoms with Crippen LogP contribution in [0.15, 0.2) is 66.7 Å². The van der Waals surface area contributed by atoms with Gasteiger partial charge in [-0.15, -0.1) is 0 Å². The van der Waals surface area contributed by atoms with Gasteiger partial charge in [0.15, 0.2) is 0 Å². The molecule has 0 heterocycles. The number of carbonyl (C=O) groups is 1. The van der Waals surface area contributed by atoms with Crippen molar-refractivity contribution < 1.29 is 4.79 Å². The van der Waals surface area contributed by atoms with Gasteiger partial charge < -0.3 is 16.4 Å². The minimum atomic E-state index is -0.510. The highest BCUT2D eigenvalue weighted by atomic mass is 16.2. The summed E-state index contributed by atoms with van der Waals surface area (Å²) in [6.45, 7) is 1.71. The van der Waals surface area contributed by atoms with Crippen LogP contribution in [0.5, 0.6) is 0 Å². The maximum atomic E-state index is 13.0. The summed E-state index contributed by atoms with van der Waals surface area (Å²) in [4.78, 5) is 14.9. The van der Waals surface area contributed by atoms with E-state index >= 15 is 0 Å². The maximum Gasteiger partial charge on any atom is 0.239 e. The summed E-state index contributed by atoms with van der Waals surface area (Å²) in [5, 5.41) is 2.38. The number of nitrogens with two attached hydrogens (primary N) is 2. The molecule has 0 fully saturated rings. The first kappa shape index (κ1) is 20.1. The first-order chi connectivity index (χ1) is 13.7. The molecule has 0 saturated heterocycles. The smallest absolute Gasteiger partial charge is 0.239 e. The zero-order valence-corrected chi connectivity index (χ0v) is 16.2. The van der Waals surface area contributed by atoms with Crippen LogP contribution in [0.3, 0.4) is 0 Å². The van der Waals surface area contributed by atoms with E-state index < -0.39 is 6.04 Å². The lowest BCUT2D eigenvalue weighted by Crippen LogP contribution is -2.44. The second-order valence-electron chi connectivity index (χ2n) is 7.08. The molecule has 0 aromatic heterocycles. The van der Waals surface area contributed by atoms with Gasteiger partial charge in [0.25, 0.3) is 0 Å². The number of fused-ring (bicyclic) bond motifs is 1. The molecule has 3 rings (SSSR count). The van der Waals surface area contributed by atoms with E-state index in [9.17, 15) is 4.79 Å². The van der Waals surface area contributed by atoms with Crippen molar-refractivity contribution in [3.63, 3.8) is 0 Å². The molecule has 1 atom stereocenters. The molecule has 1 amide bonds. The Hall–Kier alpha value is -2.69. The van der Waals surface area contributed by atoms with E-state index in [2.05, 4.69) is 24.3 Å². The Morgan fingerprint density at radius 3 is 2.57 bits per heavy atom. The summed E-state index contributed by atoms with van der Waals surface area (Å²) in [5.74, 6) is -0.0162. The molecule has 28 heavy (non-hydrogen) atoms. The van der Waals surface area contributed by atoms with Crippen LogP contribution in [0.4, 0.5) is 0 Å². The number of carbonyl (C=O) groups excluding carboxylic acids is 1. The highest BCUT2D eigenvalue weighted by molar-refractivity contribution is 5.85. The number of nitrogens with zero attached hydrogens (tertiary/aromatic N) is 1. The maximum absolute atomic E-state index is 13.0. The molecule has 3 aromatic rings. The number of hydrogen-bond acceptors (Lipinski definition) is 3. The van der Waals surface area contributed by atoms with Gasteiger partial charge in [0, 0.05) is 13.1 Å². The molecule has 0 aliphatic heterocycles. The van der Waals surface area contributed by atoms with Gasteiger partial charge in [0.05, 0.1) is 6.04 Å². The third-order valence-electron chi connectivity index (χ3n) is 5.00. The fourth-order valence-electron chi connectivity index (χ4n) is 3.45. The van der Waals surface area contributed by atoms with Crippen molar-refractivity contribution in [2.75, 3.05) is 13.1 Å². The monoisotopic (exact) mass is 374 g/mol. The van der Waals surface area contributed by atoms with Crippen molar-refractivity contribution in [2.45, 2.75) is 31.8 Å². The predicted octanol–water partition coefficient (Wildman–Crippen LogP) is 3.28. The average molecular weight is 375 g/mol. The van der Waals surface area contributed by atoms with Crippen LogP contribution in [0.1, 0.15) is 24.0 Å². The van der Waals surface area contributed by atoms with Gasteiger partial charge >= 0.3 is 0 Å². The summed E-state index contributed by atoms with van der Waals surface area (Å²) >= 11 is 0. The zero-order chi connectivity index (χ0) is 19.8. The Kier molecular flexibility index (Phi) is 7.18. The SMILES string of the molecule is NCCC[C@H](N)C(=O)N(CCc1[c]ccc2ccccc12)Cc1ccccc1. The van der Waals surface area contributed by atoms with E-state index in [-0.39, 0.29) is 5.91 Å². The van der Waals surface area contributed by atoms with Crippen LogP contribution in [-0.4, -0.2) is 29.9 Å². The molecule has 3 aromatic carbocycles. The largest absolute Gasteiger partial charge is 0.337 e. The molecule has 0 aliphatic rings. The van der Waals surface area contributed by atoms with Crippen LogP contribution in [0.25, 0.3) is 10.8 Å². The van der Waals surface area contributed by atoms with Crippen molar-refractivity contribution in [3.8, 4) is 0 Å². The Balaban J connectivity index is 1.77. The summed E-state index contributed by atoms with van der Waals surface area (Å²) < 4.78 is 0.